The molecule has 9 heteroatoms. The van der Waals surface area contributed by atoms with Crippen molar-refractivity contribution in [3.05, 3.63) is 59.4 Å². The van der Waals surface area contributed by atoms with E-state index >= 15 is 0 Å². The van der Waals surface area contributed by atoms with Crippen LogP contribution in [0.4, 0.5) is 14.5 Å². The number of rotatable bonds is 5. The van der Waals surface area contributed by atoms with Gasteiger partial charge in [-0.3, -0.25) is 9.59 Å². The van der Waals surface area contributed by atoms with E-state index in [4.69, 9.17) is 5.73 Å². The maximum atomic E-state index is 14.2. The maximum Gasteiger partial charge on any atom is 0.256 e. The number of hydrogen-bond donors (Lipinski definition) is 4. The van der Waals surface area contributed by atoms with Crippen LogP contribution in [0.25, 0.3) is 11.0 Å². The summed E-state index contributed by atoms with van der Waals surface area (Å²) in [5.74, 6) is -2.85. The minimum absolute atomic E-state index is 0.135. The lowest BCUT2D eigenvalue weighted by atomic mass is 10.1. The predicted molar refractivity (Wildman–Crippen MR) is 101 cm³/mol. The van der Waals surface area contributed by atoms with Gasteiger partial charge < -0.3 is 21.4 Å². The van der Waals surface area contributed by atoms with Crippen molar-refractivity contribution in [1.82, 2.24) is 20.6 Å². The number of nitrogens with one attached hydrogen (secondary N) is 3. The lowest BCUT2D eigenvalue weighted by molar-refractivity contribution is 0.0888. The number of fused-ring (bicyclic) bond motifs is 1. The molecule has 3 aromatic rings. The van der Waals surface area contributed by atoms with Gasteiger partial charge in [0, 0.05) is 12.1 Å². The number of nitrogens with zero attached hydrogens (tertiary/aromatic N) is 1. The molecule has 0 saturated heterocycles. The minimum Gasteiger partial charge on any atom is -0.396 e. The second-order valence-corrected chi connectivity index (χ2v) is 6.45. The summed E-state index contributed by atoms with van der Waals surface area (Å²) < 4.78 is 28.2. The number of halogens is 2. The molecule has 7 nitrogen and oxygen atoms in total. The van der Waals surface area contributed by atoms with Crippen LogP contribution in [0.3, 0.4) is 0 Å². The summed E-state index contributed by atoms with van der Waals surface area (Å²) in [6.45, 7) is 3.28. The van der Waals surface area contributed by atoms with Crippen LogP contribution in [-0.2, 0) is 0 Å². The van der Waals surface area contributed by atoms with Gasteiger partial charge in [0.25, 0.3) is 11.8 Å². The molecule has 0 radical (unpaired) electrons. The molecule has 0 aliphatic carbocycles. The van der Waals surface area contributed by atoms with Crippen LogP contribution < -0.4 is 16.4 Å². The number of aromatic amines is 1. The van der Waals surface area contributed by atoms with Gasteiger partial charge in [0.15, 0.2) is 5.82 Å². The number of carbonyl (C=O) groups is 2. The summed E-state index contributed by atoms with van der Waals surface area (Å²) in [4.78, 5) is 31.6. The van der Waals surface area contributed by atoms with E-state index in [-0.39, 0.29) is 22.3 Å². The monoisotopic (exact) mass is 387 g/mol. The molecule has 1 aromatic heterocycles. The van der Waals surface area contributed by atoms with Gasteiger partial charge in [-0.2, -0.15) is 0 Å². The van der Waals surface area contributed by atoms with Gasteiger partial charge in [0.2, 0.25) is 0 Å². The summed E-state index contributed by atoms with van der Waals surface area (Å²) >= 11 is 0. The molecule has 2 aromatic carbocycles. The quantitative estimate of drug-likeness (QED) is 0.503. The fourth-order valence-corrected chi connectivity index (χ4v) is 2.74. The van der Waals surface area contributed by atoms with Gasteiger partial charge in [-0.15, -0.1) is 0 Å². The van der Waals surface area contributed by atoms with Crippen molar-refractivity contribution in [3.8, 4) is 0 Å². The largest absolute Gasteiger partial charge is 0.396 e. The molecule has 0 saturated carbocycles. The molecule has 28 heavy (non-hydrogen) atoms. The second-order valence-electron chi connectivity index (χ2n) is 6.45. The van der Waals surface area contributed by atoms with E-state index in [1.165, 1.54) is 36.7 Å². The lowest BCUT2D eigenvalue weighted by Gasteiger charge is -2.23. The van der Waals surface area contributed by atoms with Gasteiger partial charge in [-0.05, 0) is 38.1 Å². The molecule has 0 bridgehead atoms. The van der Waals surface area contributed by atoms with E-state index in [2.05, 4.69) is 20.6 Å². The van der Waals surface area contributed by atoms with E-state index < -0.39 is 35.5 Å². The van der Waals surface area contributed by atoms with Crippen molar-refractivity contribution in [2.75, 3.05) is 5.73 Å². The molecular weight excluding hydrogens is 368 g/mol. The topological polar surface area (TPSA) is 113 Å². The number of imidazole rings is 1. The Balaban J connectivity index is 1.71. The molecular formula is C19H19F2N5O2. The van der Waals surface area contributed by atoms with Gasteiger partial charge in [0.1, 0.15) is 16.9 Å². The summed E-state index contributed by atoms with van der Waals surface area (Å²) in [5.41, 5.74) is 5.69. The third-order valence-electron chi connectivity index (χ3n) is 4.51. The number of anilines is 1. The standard InChI is InChI=1S/C19H19F2N5O2/c1-9(25-18(27)11-4-3-5-13(22)16(11)21)10(2)26-19(28)15-12(20)6-7-14-17(15)24-8-23-14/h3-10H,22H2,1-2H3,(H,23,24)(H,25,27)(H,26,28). The fraction of sp³-hybridized carbons (Fsp3) is 0.211. The first kappa shape index (κ1) is 19.3. The zero-order chi connectivity index (χ0) is 20.4. The molecule has 0 aliphatic heterocycles. The number of aromatic nitrogens is 2. The Hall–Kier alpha value is -3.49. The molecule has 2 unspecified atom stereocenters. The first-order valence-electron chi connectivity index (χ1n) is 8.57. The Morgan fingerprint density at radius 3 is 2.46 bits per heavy atom. The van der Waals surface area contributed by atoms with Crippen molar-refractivity contribution in [3.63, 3.8) is 0 Å². The van der Waals surface area contributed by atoms with Crippen LogP contribution >= 0.6 is 0 Å². The zero-order valence-electron chi connectivity index (χ0n) is 15.2. The molecule has 0 fully saturated rings. The molecule has 0 spiro atoms. The number of hydrogen-bond acceptors (Lipinski definition) is 4. The first-order valence-corrected chi connectivity index (χ1v) is 8.57. The summed E-state index contributed by atoms with van der Waals surface area (Å²) in [6, 6.07) is 5.64. The average Bonchev–Trinajstić information content (AvgIpc) is 3.11. The highest BCUT2D eigenvalue weighted by Gasteiger charge is 2.23. The lowest BCUT2D eigenvalue weighted by Crippen LogP contribution is -2.48. The van der Waals surface area contributed by atoms with Gasteiger partial charge in [-0.1, -0.05) is 6.07 Å². The Bertz CT molecular complexity index is 1050. The molecule has 0 aliphatic rings. The number of nitrogen functional groups attached to an aromatic ring is 1. The Kier molecular flexibility index (Phi) is 5.25. The highest BCUT2D eigenvalue weighted by molar-refractivity contribution is 6.05. The van der Waals surface area contributed by atoms with E-state index in [0.717, 1.165) is 0 Å². The Labute approximate surface area is 159 Å². The van der Waals surface area contributed by atoms with Crippen LogP contribution in [0.5, 0.6) is 0 Å². The number of benzene rings is 2. The zero-order valence-corrected chi connectivity index (χ0v) is 15.2. The van der Waals surface area contributed by atoms with Crippen molar-refractivity contribution in [2.24, 2.45) is 0 Å². The maximum absolute atomic E-state index is 14.2. The SMILES string of the molecule is CC(NC(=O)c1cccc(N)c1F)C(C)NC(=O)c1c(F)ccc2[nH]cnc12. The van der Waals surface area contributed by atoms with Crippen LogP contribution in [0.15, 0.2) is 36.7 Å². The molecule has 2 amide bonds. The van der Waals surface area contributed by atoms with Crippen molar-refractivity contribution in [1.29, 1.82) is 0 Å². The van der Waals surface area contributed by atoms with Crippen LogP contribution in [-0.4, -0.2) is 33.9 Å². The number of nitrogens with two attached hydrogens (primary N) is 1. The summed E-state index contributed by atoms with van der Waals surface area (Å²) in [6.07, 6.45) is 1.37. The number of H-pyrrole nitrogens is 1. The third kappa shape index (κ3) is 3.64. The normalized spacial score (nSPS) is 13.1. The van der Waals surface area contributed by atoms with Gasteiger partial charge in [-0.25, -0.2) is 13.8 Å². The number of carbonyl (C=O) groups excluding carboxylic acids is 2. The highest BCUT2D eigenvalue weighted by atomic mass is 19.1. The van der Waals surface area contributed by atoms with E-state index in [0.29, 0.717) is 5.52 Å². The highest BCUT2D eigenvalue weighted by Crippen LogP contribution is 2.19. The predicted octanol–water partition coefficient (Wildman–Crippen LogP) is 2.36. The molecule has 5 N–H and O–H groups in total. The summed E-state index contributed by atoms with van der Waals surface area (Å²) in [5, 5.41) is 5.24. The van der Waals surface area contributed by atoms with E-state index in [9.17, 15) is 18.4 Å². The Morgan fingerprint density at radius 2 is 1.75 bits per heavy atom. The smallest absolute Gasteiger partial charge is 0.256 e. The minimum atomic E-state index is -0.809. The fourth-order valence-electron chi connectivity index (χ4n) is 2.74. The number of amides is 2. The molecule has 3 rings (SSSR count). The van der Waals surface area contributed by atoms with Crippen molar-refractivity contribution in [2.45, 2.75) is 25.9 Å². The second kappa shape index (κ2) is 7.63. The van der Waals surface area contributed by atoms with Crippen LogP contribution in [0.2, 0.25) is 0 Å². The molecule has 1 heterocycles. The molecule has 146 valence electrons. The van der Waals surface area contributed by atoms with Crippen LogP contribution in [0.1, 0.15) is 34.6 Å². The van der Waals surface area contributed by atoms with Gasteiger partial charge >= 0.3 is 0 Å². The first-order chi connectivity index (χ1) is 13.3. The van der Waals surface area contributed by atoms with Crippen molar-refractivity contribution < 1.29 is 18.4 Å². The average molecular weight is 387 g/mol. The Morgan fingerprint density at radius 1 is 1.07 bits per heavy atom. The third-order valence-corrected chi connectivity index (χ3v) is 4.51. The van der Waals surface area contributed by atoms with Gasteiger partial charge in [0.05, 0.1) is 23.1 Å². The summed E-state index contributed by atoms with van der Waals surface area (Å²) in [7, 11) is 0. The van der Waals surface area contributed by atoms with E-state index in [1.54, 1.807) is 13.8 Å². The molecule has 2 atom stereocenters. The van der Waals surface area contributed by atoms with Crippen molar-refractivity contribution >= 4 is 28.5 Å². The van der Waals surface area contributed by atoms with E-state index in [1.807, 2.05) is 0 Å². The van der Waals surface area contributed by atoms with Crippen LogP contribution in [0, 0.1) is 11.6 Å².